The quantitative estimate of drug-likeness (QED) is 0.347. The van der Waals surface area contributed by atoms with Crippen LogP contribution in [0, 0.1) is 5.82 Å². The number of anilines is 2. The van der Waals surface area contributed by atoms with Gasteiger partial charge in [0.15, 0.2) is 0 Å². The summed E-state index contributed by atoms with van der Waals surface area (Å²) in [6, 6.07) is 18.8. The fourth-order valence-electron chi connectivity index (χ4n) is 4.53. The van der Waals surface area contributed by atoms with Crippen molar-refractivity contribution in [3.05, 3.63) is 107 Å². The van der Waals surface area contributed by atoms with Crippen molar-refractivity contribution < 1.29 is 4.39 Å². The van der Waals surface area contributed by atoms with Crippen LogP contribution in [0.25, 0.3) is 38.6 Å². The highest BCUT2D eigenvalue weighted by Gasteiger charge is 2.22. The zero-order chi connectivity index (χ0) is 26.2. The Labute approximate surface area is 215 Å². The highest BCUT2D eigenvalue weighted by atomic mass is 19.1. The first-order valence-electron chi connectivity index (χ1n) is 11.9. The van der Waals surface area contributed by atoms with E-state index in [1.54, 1.807) is 35.2 Å². The topological polar surface area (TPSA) is 124 Å². The lowest BCUT2D eigenvalue weighted by atomic mass is 10.0. The van der Waals surface area contributed by atoms with E-state index in [9.17, 15) is 9.18 Å². The molecule has 9 nitrogen and oxygen atoms in total. The number of rotatable bonds is 5. The number of nitrogen functional groups attached to an aromatic ring is 1. The summed E-state index contributed by atoms with van der Waals surface area (Å²) in [5.41, 5.74) is 8.29. The monoisotopic (exact) mass is 504 g/mol. The van der Waals surface area contributed by atoms with Gasteiger partial charge in [-0.15, -0.1) is 0 Å². The molecule has 3 aromatic heterocycles. The maximum atomic E-state index is 14.7. The Morgan fingerprint density at radius 1 is 0.868 bits per heavy atom. The summed E-state index contributed by atoms with van der Waals surface area (Å²) in [5, 5.41) is 3.93. The Balaban J connectivity index is 1.57. The second kappa shape index (κ2) is 9.32. The zero-order valence-corrected chi connectivity index (χ0v) is 20.2. The number of fused-ring (bicyclic) bond motifs is 2. The summed E-state index contributed by atoms with van der Waals surface area (Å²) in [4.78, 5) is 35.7. The van der Waals surface area contributed by atoms with Crippen LogP contribution in [0.2, 0.25) is 0 Å². The van der Waals surface area contributed by atoms with Gasteiger partial charge in [0, 0.05) is 18.0 Å². The van der Waals surface area contributed by atoms with Crippen molar-refractivity contribution in [2.24, 2.45) is 0 Å². The van der Waals surface area contributed by atoms with Gasteiger partial charge in [-0.1, -0.05) is 36.4 Å². The molecule has 0 unspecified atom stereocenters. The van der Waals surface area contributed by atoms with Crippen LogP contribution in [0.3, 0.4) is 0 Å². The van der Waals surface area contributed by atoms with Gasteiger partial charge in [0.25, 0.3) is 5.56 Å². The third-order valence-electron chi connectivity index (χ3n) is 6.27. The summed E-state index contributed by atoms with van der Waals surface area (Å²) < 4.78 is 16.3. The largest absolute Gasteiger partial charge is 0.368 e. The van der Waals surface area contributed by atoms with Crippen LogP contribution in [0.1, 0.15) is 18.8 Å². The third kappa shape index (κ3) is 3.97. The fourth-order valence-corrected chi connectivity index (χ4v) is 4.53. The number of benzene rings is 3. The lowest BCUT2D eigenvalue weighted by molar-refractivity contribution is 0.638. The molecule has 186 valence electrons. The normalized spacial score (nSPS) is 12.1. The molecule has 6 aromatic rings. The molecule has 6 rings (SSSR count). The van der Waals surface area contributed by atoms with Crippen molar-refractivity contribution >= 4 is 33.6 Å². The summed E-state index contributed by atoms with van der Waals surface area (Å²) in [7, 11) is 0. The number of nitrogens with two attached hydrogens (primary N) is 1. The standard InChI is InChI=1S/C28H21FN8O/c1-16(35-25-24-20(29)10-6-11-21(24)33-15-34-25)26-36-22-12-5-9-19(17-13-31-28(30)32-14-17)23(22)27(38)37(26)18-7-3-2-4-8-18/h2-16H,1H3,(H2,30,31,32)(H,33,34,35)/t16-/m0/s1. The molecule has 0 aliphatic heterocycles. The molecular weight excluding hydrogens is 483 g/mol. The molecule has 0 aliphatic carbocycles. The molecule has 38 heavy (non-hydrogen) atoms. The summed E-state index contributed by atoms with van der Waals surface area (Å²) in [5.74, 6) is 0.439. The van der Waals surface area contributed by atoms with E-state index >= 15 is 0 Å². The van der Waals surface area contributed by atoms with E-state index in [1.165, 1.54) is 12.4 Å². The molecule has 0 spiro atoms. The predicted octanol–water partition coefficient (Wildman–Crippen LogP) is 4.68. The third-order valence-corrected chi connectivity index (χ3v) is 6.27. The Bertz CT molecular complexity index is 1850. The maximum absolute atomic E-state index is 14.7. The van der Waals surface area contributed by atoms with Crippen LogP contribution in [0.5, 0.6) is 0 Å². The highest BCUT2D eigenvalue weighted by Crippen LogP contribution is 2.29. The molecule has 0 radical (unpaired) electrons. The summed E-state index contributed by atoms with van der Waals surface area (Å²) >= 11 is 0. The predicted molar refractivity (Wildman–Crippen MR) is 144 cm³/mol. The van der Waals surface area contributed by atoms with Crippen LogP contribution < -0.4 is 16.6 Å². The first kappa shape index (κ1) is 23.2. The minimum Gasteiger partial charge on any atom is -0.368 e. The smallest absolute Gasteiger partial charge is 0.266 e. The van der Waals surface area contributed by atoms with Crippen LogP contribution in [0.4, 0.5) is 16.2 Å². The average molecular weight is 505 g/mol. The molecule has 3 aromatic carbocycles. The van der Waals surface area contributed by atoms with Gasteiger partial charge in [0.05, 0.1) is 33.5 Å². The minimum atomic E-state index is -0.534. The van der Waals surface area contributed by atoms with Gasteiger partial charge >= 0.3 is 0 Å². The zero-order valence-electron chi connectivity index (χ0n) is 20.2. The van der Waals surface area contributed by atoms with Crippen molar-refractivity contribution in [1.29, 1.82) is 0 Å². The molecule has 0 bridgehead atoms. The van der Waals surface area contributed by atoms with Gasteiger partial charge in [-0.25, -0.2) is 29.3 Å². The molecule has 0 saturated heterocycles. The van der Waals surface area contributed by atoms with E-state index < -0.39 is 11.9 Å². The van der Waals surface area contributed by atoms with Gasteiger partial charge in [-0.05, 0) is 42.8 Å². The number of hydrogen-bond donors (Lipinski definition) is 2. The second-order valence-electron chi connectivity index (χ2n) is 8.70. The average Bonchev–Trinajstić information content (AvgIpc) is 2.93. The second-order valence-corrected chi connectivity index (χ2v) is 8.70. The molecule has 10 heteroatoms. The summed E-state index contributed by atoms with van der Waals surface area (Å²) in [6.45, 7) is 1.85. The molecule has 1 atom stereocenters. The van der Waals surface area contributed by atoms with Crippen molar-refractivity contribution in [1.82, 2.24) is 29.5 Å². The van der Waals surface area contributed by atoms with E-state index in [-0.39, 0.29) is 16.9 Å². The van der Waals surface area contributed by atoms with Gasteiger partial charge in [0.2, 0.25) is 5.95 Å². The van der Waals surface area contributed by atoms with E-state index in [0.29, 0.717) is 44.9 Å². The number of aromatic nitrogens is 6. The number of nitrogens with zero attached hydrogens (tertiary/aromatic N) is 6. The van der Waals surface area contributed by atoms with Gasteiger partial charge in [-0.2, -0.15) is 0 Å². The van der Waals surface area contributed by atoms with Crippen molar-refractivity contribution in [3.63, 3.8) is 0 Å². The number of hydrogen-bond acceptors (Lipinski definition) is 8. The van der Waals surface area contributed by atoms with Crippen LogP contribution in [-0.2, 0) is 0 Å². The number of nitrogens with one attached hydrogen (secondary N) is 1. The van der Waals surface area contributed by atoms with Crippen molar-refractivity contribution in [3.8, 4) is 16.8 Å². The van der Waals surface area contributed by atoms with Gasteiger partial charge in [0.1, 0.15) is 23.8 Å². The SMILES string of the molecule is C[C@H](Nc1ncnc2cccc(F)c12)c1nc2cccc(-c3cnc(N)nc3)c2c(=O)n1-c1ccccc1. The maximum Gasteiger partial charge on any atom is 0.266 e. The number of para-hydroxylation sites is 1. The van der Waals surface area contributed by atoms with Crippen LogP contribution in [0.15, 0.2) is 90.2 Å². The van der Waals surface area contributed by atoms with E-state index in [2.05, 4.69) is 25.3 Å². The molecule has 3 N–H and O–H groups in total. The first-order chi connectivity index (χ1) is 18.5. The Kier molecular flexibility index (Phi) is 5.68. The molecular formula is C28H21FN8O. The summed E-state index contributed by atoms with van der Waals surface area (Å²) in [6.07, 6.45) is 4.53. The lowest BCUT2D eigenvalue weighted by Gasteiger charge is -2.21. The first-order valence-corrected chi connectivity index (χ1v) is 11.9. The Morgan fingerprint density at radius 3 is 2.39 bits per heavy atom. The minimum absolute atomic E-state index is 0.143. The van der Waals surface area contributed by atoms with E-state index in [1.807, 2.05) is 49.4 Å². The van der Waals surface area contributed by atoms with Crippen molar-refractivity contribution in [2.75, 3.05) is 11.1 Å². The molecule has 0 fully saturated rings. The Morgan fingerprint density at radius 2 is 1.61 bits per heavy atom. The molecule has 0 saturated carbocycles. The lowest BCUT2D eigenvalue weighted by Crippen LogP contribution is -2.27. The fraction of sp³-hybridized carbons (Fsp3) is 0.0714. The highest BCUT2D eigenvalue weighted by molar-refractivity contribution is 5.94. The van der Waals surface area contributed by atoms with E-state index in [4.69, 9.17) is 10.7 Å². The van der Waals surface area contributed by atoms with Gasteiger partial charge in [-0.3, -0.25) is 9.36 Å². The number of halogens is 1. The van der Waals surface area contributed by atoms with Crippen LogP contribution >= 0.6 is 0 Å². The molecule has 0 amide bonds. The van der Waals surface area contributed by atoms with Crippen molar-refractivity contribution in [2.45, 2.75) is 13.0 Å². The molecule has 0 aliphatic rings. The van der Waals surface area contributed by atoms with Crippen LogP contribution in [-0.4, -0.2) is 29.5 Å². The van der Waals surface area contributed by atoms with E-state index in [0.717, 1.165) is 0 Å². The Hall–Kier alpha value is -5.25. The van der Waals surface area contributed by atoms with Gasteiger partial charge < -0.3 is 11.1 Å². The molecule has 3 heterocycles.